The molecule has 1 aliphatic heterocycles. The minimum Gasteiger partial charge on any atom is -0.453 e. The van der Waals surface area contributed by atoms with E-state index in [1.165, 1.54) is 19.3 Å². The molecule has 4 heteroatoms. The highest BCUT2D eigenvalue weighted by Gasteiger charge is 2.30. The second-order valence-corrected chi connectivity index (χ2v) is 5.91. The molecule has 1 fully saturated rings. The van der Waals surface area contributed by atoms with Gasteiger partial charge >= 0.3 is 0 Å². The van der Waals surface area contributed by atoms with Crippen LogP contribution in [0.5, 0.6) is 0 Å². The van der Waals surface area contributed by atoms with Crippen LogP contribution in [0.25, 0.3) is 0 Å². The molecule has 18 heavy (non-hydrogen) atoms. The van der Waals surface area contributed by atoms with Crippen LogP contribution in [0.1, 0.15) is 38.0 Å². The maximum Gasteiger partial charge on any atom is 0.169 e. The molecule has 0 aliphatic carbocycles. The minimum atomic E-state index is 0.401. The van der Waals surface area contributed by atoms with Crippen molar-refractivity contribution in [2.45, 2.75) is 32.2 Å². The molecule has 2 atom stereocenters. The summed E-state index contributed by atoms with van der Waals surface area (Å²) in [6.07, 6.45) is 3.89. The topological polar surface area (TPSA) is 28.4 Å². The Kier molecular flexibility index (Phi) is 5.27. The first kappa shape index (κ1) is 14.1. The summed E-state index contributed by atoms with van der Waals surface area (Å²) in [5.74, 6) is 1.73. The third-order valence-electron chi connectivity index (χ3n) is 3.80. The summed E-state index contributed by atoms with van der Waals surface area (Å²) in [6.45, 7) is 5.43. The monoisotopic (exact) mass is 314 g/mol. The third kappa shape index (κ3) is 3.37. The molecule has 0 aromatic carbocycles. The van der Waals surface area contributed by atoms with Crippen LogP contribution in [0.4, 0.5) is 0 Å². The number of nitrogens with one attached hydrogen (secondary N) is 1. The quantitative estimate of drug-likeness (QED) is 0.923. The van der Waals surface area contributed by atoms with Crippen molar-refractivity contribution < 1.29 is 4.42 Å². The SMILES string of the molecule is CCNCC1CCCCN(C)C1c1ccc(Br)o1. The van der Waals surface area contributed by atoms with Crippen LogP contribution in [-0.2, 0) is 0 Å². The minimum absolute atomic E-state index is 0.401. The van der Waals surface area contributed by atoms with Crippen LogP contribution in [0, 0.1) is 5.92 Å². The number of nitrogens with zero attached hydrogens (tertiary/aromatic N) is 1. The van der Waals surface area contributed by atoms with Gasteiger partial charge in [-0.05, 0) is 73.5 Å². The fourth-order valence-corrected chi connectivity index (χ4v) is 3.22. The lowest BCUT2D eigenvalue weighted by molar-refractivity contribution is 0.162. The van der Waals surface area contributed by atoms with Crippen molar-refractivity contribution in [3.63, 3.8) is 0 Å². The molecule has 1 aromatic rings. The fraction of sp³-hybridized carbons (Fsp3) is 0.714. The average molecular weight is 315 g/mol. The van der Waals surface area contributed by atoms with Crippen molar-refractivity contribution >= 4 is 15.9 Å². The summed E-state index contributed by atoms with van der Waals surface area (Å²) in [5, 5.41) is 3.49. The normalized spacial score (nSPS) is 26.2. The second kappa shape index (κ2) is 6.73. The fourth-order valence-electron chi connectivity index (χ4n) is 2.90. The Bertz CT molecular complexity index is 366. The molecule has 1 saturated heterocycles. The first-order valence-corrected chi connectivity index (χ1v) is 7.68. The first-order valence-electron chi connectivity index (χ1n) is 6.88. The third-order valence-corrected chi connectivity index (χ3v) is 4.23. The molecule has 0 radical (unpaired) electrons. The molecule has 1 aromatic heterocycles. The van der Waals surface area contributed by atoms with Crippen molar-refractivity contribution in [3.05, 3.63) is 22.6 Å². The molecular formula is C14H23BrN2O. The highest BCUT2D eigenvalue weighted by molar-refractivity contribution is 9.10. The first-order chi connectivity index (χ1) is 8.72. The smallest absolute Gasteiger partial charge is 0.169 e. The van der Waals surface area contributed by atoms with Gasteiger partial charge in [0.25, 0.3) is 0 Å². The van der Waals surface area contributed by atoms with Gasteiger partial charge in [0.1, 0.15) is 5.76 Å². The Labute approximate surface area is 118 Å². The molecule has 1 aliphatic rings. The predicted octanol–water partition coefficient (Wildman–Crippen LogP) is 3.42. The summed E-state index contributed by atoms with van der Waals surface area (Å²) >= 11 is 3.41. The van der Waals surface area contributed by atoms with Gasteiger partial charge < -0.3 is 9.73 Å². The van der Waals surface area contributed by atoms with Crippen LogP contribution < -0.4 is 5.32 Å². The van der Waals surface area contributed by atoms with Crippen molar-refractivity contribution in [2.75, 3.05) is 26.7 Å². The van der Waals surface area contributed by atoms with E-state index in [0.29, 0.717) is 12.0 Å². The predicted molar refractivity (Wildman–Crippen MR) is 77.7 cm³/mol. The van der Waals surface area contributed by atoms with Gasteiger partial charge in [-0.1, -0.05) is 13.3 Å². The number of rotatable bonds is 4. The lowest BCUT2D eigenvalue weighted by Gasteiger charge is -2.30. The Morgan fingerprint density at radius 3 is 2.94 bits per heavy atom. The highest BCUT2D eigenvalue weighted by atomic mass is 79.9. The molecule has 0 bridgehead atoms. The molecule has 3 nitrogen and oxygen atoms in total. The van der Waals surface area contributed by atoms with Crippen LogP contribution in [0.2, 0.25) is 0 Å². The van der Waals surface area contributed by atoms with Crippen LogP contribution >= 0.6 is 15.9 Å². The Morgan fingerprint density at radius 1 is 1.44 bits per heavy atom. The number of furan rings is 1. The number of hydrogen-bond donors (Lipinski definition) is 1. The molecule has 0 spiro atoms. The van der Waals surface area contributed by atoms with E-state index in [1.807, 2.05) is 6.07 Å². The van der Waals surface area contributed by atoms with Crippen molar-refractivity contribution in [3.8, 4) is 0 Å². The molecular weight excluding hydrogens is 292 g/mol. The molecule has 1 N–H and O–H groups in total. The lowest BCUT2D eigenvalue weighted by atomic mass is 9.93. The van der Waals surface area contributed by atoms with Crippen LogP contribution in [0.15, 0.2) is 21.2 Å². The van der Waals surface area contributed by atoms with Gasteiger partial charge in [0, 0.05) is 0 Å². The van der Waals surface area contributed by atoms with E-state index < -0.39 is 0 Å². The van der Waals surface area contributed by atoms with E-state index >= 15 is 0 Å². The molecule has 0 amide bonds. The summed E-state index contributed by atoms with van der Waals surface area (Å²) in [6, 6.07) is 4.51. The van der Waals surface area contributed by atoms with Crippen LogP contribution in [0.3, 0.4) is 0 Å². The highest BCUT2D eigenvalue weighted by Crippen LogP contribution is 2.35. The molecule has 2 unspecified atom stereocenters. The molecule has 0 saturated carbocycles. The van der Waals surface area contributed by atoms with E-state index in [2.05, 4.69) is 46.2 Å². The molecule has 102 valence electrons. The van der Waals surface area contributed by atoms with E-state index in [4.69, 9.17) is 4.42 Å². The summed E-state index contributed by atoms with van der Waals surface area (Å²) in [7, 11) is 2.21. The Hall–Kier alpha value is -0.320. The number of likely N-dealkylation sites (tertiary alicyclic amines) is 1. The van der Waals surface area contributed by atoms with Gasteiger partial charge in [0.15, 0.2) is 4.67 Å². The van der Waals surface area contributed by atoms with Gasteiger partial charge in [0.2, 0.25) is 0 Å². The number of halogens is 1. The number of hydrogen-bond acceptors (Lipinski definition) is 3. The summed E-state index contributed by atoms with van der Waals surface area (Å²) < 4.78 is 6.64. The average Bonchev–Trinajstić information content (AvgIpc) is 2.68. The standard InChI is InChI=1S/C14H23BrN2O/c1-3-16-10-11-6-4-5-9-17(2)14(11)12-7-8-13(15)18-12/h7-8,11,14,16H,3-6,9-10H2,1-2H3. The zero-order valence-corrected chi connectivity index (χ0v) is 12.9. The van der Waals surface area contributed by atoms with Gasteiger partial charge in [-0.3, -0.25) is 4.90 Å². The van der Waals surface area contributed by atoms with Crippen molar-refractivity contribution in [2.24, 2.45) is 5.92 Å². The molecule has 2 heterocycles. The van der Waals surface area contributed by atoms with E-state index in [1.54, 1.807) is 0 Å². The zero-order valence-electron chi connectivity index (χ0n) is 11.3. The van der Waals surface area contributed by atoms with Crippen molar-refractivity contribution in [1.82, 2.24) is 10.2 Å². The summed E-state index contributed by atoms with van der Waals surface area (Å²) in [4.78, 5) is 2.44. The Morgan fingerprint density at radius 2 is 2.28 bits per heavy atom. The van der Waals surface area contributed by atoms with Gasteiger partial charge in [-0.2, -0.15) is 0 Å². The molecule has 2 rings (SSSR count). The lowest BCUT2D eigenvalue weighted by Crippen LogP contribution is -2.34. The largest absolute Gasteiger partial charge is 0.453 e. The van der Waals surface area contributed by atoms with Crippen LogP contribution in [-0.4, -0.2) is 31.6 Å². The Balaban J connectivity index is 2.17. The van der Waals surface area contributed by atoms with E-state index in [-0.39, 0.29) is 0 Å². The van der Waals surface area contributed by atoms with Crippen molar-refractivity contribution in [1.29, 1.82) is 0 Å². The summed E-state index contributed by atoms with van der Waals surface area (Å²) in [5.41, 5.74) is 0. The van der Waals surface area contributed by atoms with E-state index in [0.717, 1.165) is 30.1 Å². The zero-order chi connectivity index (χ0) is 13.0. The van der Waals surface area contributed by atoms with Gasteiger partial charge in [-0.25, -0.2) is 0 Å². The maximum absolute atomic E-state index is 5.81. The van der Waals surface area contributed by atoms with Gasteiger partial charge in [0.05, 0.1) is 6.04 Å². The maximum atomic E-state index is 5.81. The second-order valence-electron chi connectivity index (χ2n) is 5.13. The van der Waals surface area contributed by atoms with Gasteiger partial charge in [-0.15, -0.1) is 0 Å². The van der Waals surface area contributed by atoms with E-state index in [9.17, 15) is 0 Å².